The second-order valence-electron chi connectivity index (χ2n) is 4.46. The fraction of sp³-hybridized carbons (Fsp3) is 0.308. The Kier molecular flexibility index (Phi) is 2.72. The summed E-state index contributed by atoms with van der Waals surface area (Å²) in [5, 5.41) is 0.325. The normalized spacial score (nSPS) is 12.1. The Balaban J connectivity index is 2.98. The van der Waals surface area contributed by atoms with Gasteiger partial charge in [-0.3, -0.25) is 4.79 Å². The van der Waals surface area contributed by atoms with Crippen LogP contribution in [0.2, 0.25) is 0 Å². The minimum Gasteiger partial charge on any atom is -0.351 e. The molecule has 1 N–H and O–H groups in total. The van der Waals surface area contributed by atoms with Crippen LogP contribution < -0.4 is 5.43 Å². The number of fused-ring (bicyclic) bond motifs is 1. The number of halogens is 3. The van der Waals surface area contributed by atoms with Crippen LogP contribution in [0.15, 0.2) is 16.9 Å². The highest BCUT2D eigenvalue weighted by Crippen LogP contribution is 2.30. The topological polar surface area (TPSA) is 32.9 Å². The first-order valence-corrected chi connectivity index (χ1v) is 5.43. The molecular formula is C13H12F3NO. The fourth-order valence-electron chi connectivity index (χ4n) is 2.18. The van der Waals surface area contributed by atoms with Crippen LogP contribution in [0.3, 0.4) is 0 Å². The van der Waals surface area contributed by atoms with Crippen molar-refractivity contribution < 1.29 is 13.2 Å². The lowest BCUT2D eigenvalue weighted by Crippen LogP contribution is -2.19. The first-order valence-electron chi connectivity index (χ1n) is 5.43. The van der Waals surface area contributed by atoms with Crippen LogP contribution in [-0.2, 0) is 6.18 Å². The Morgan fingerprint density at radius 3 is 2.28 bits per heavy atom. The van der Waals surface area contributed by atoms with E-state index in [0.29, 0.717) is 10.9 Å². The molecule has 5 heteroatoms. The molecular weight excluding hydrogens is 243 g/mol. The molecule has 0 bridgehead atoms. The molecule has 1 aromatic carbocycles. The number of hydrogen-bond donors (Lipinski definition) is 1. The number of benzene rings is 1. The van der Waals surface area contributed by atoms with Crippen LogP contribution in [-0.4, -0.2) is 4.98 Å². The van der Waals surface area contributed by atoms with Crippen molar-refractivity contribution in [3.05, 3.63) is 44.7 Å². The van der Waals surface area contributed by atoms with Gasteiger partial charge in [0, 0.05) is 10.9 Å². The van der Waals surface area contributed by atoms with Crippen molar-refractivity contribution in [1.29, 1.82) is 0 Å². The van der Waals surface area contributed by atoms with E-state index in [9.17, 15) is 18.0 Å². The van der Waals surface area contributed by atoms with Crippen LogP contribution in [0, 0.1) is 20.8 Å². The minimum atomic E-state index is -4.55. The highest BCUT2D eigenvalue weighted by Gasteiger charge is 2.35. The van der Waals surface area contributed by atoms with E-state index in [1.54, 1.807) is 26.0 Å². The fourth-order valence-corrected chi connectivity index (χ4v) is 2.18. The Morgan fingerprint density at radius 1 is 1.11 bits per heavy atom. The van der Waals surface area contributed by atoms with E-state index in [0.717, 1.165) is 5.56 Å². The van der Waals surface area contributed by atoms with Gasteiger partial charge in [-0.15, -0.1) is 0 Å². The molecule has 18 heavy (non-hydrogen) atoms. The SMILES string of the molecule is Cc1cc(C)c2c(=O)c(C)c(C(F)(F)F)[nH]c2c1. The first kappa shape index (κ1) is 12.7. The van der Waals surface area contributed by atoms with Gasteiger partial charge in [0.1, 0.15) is 5.69 Å². The zero-order valence-corrected chi connectivity index (χ0v) is 10.2. The maximum absolute atomic E-state index is 12.8. The van der Waals surface area contributed by atoms with Crippen LogP contribution in [0.25, 0.3) is 10.9 Å². The highest BCUT2D eigenvalue weighted by molar-refractivity contribution is 5.83. The van der Waals surface area contributed by atoms with Gasteiger partial charge in [0.2, 0.25) is 0 Å². The molecule has 1 aromatic heterocycles. The van der Waals surface area contributed by atoms with Crippen molar-refractivity contribution in [2.75, 3.05) is 0 Å². The third kappa shape index (κ3) is 1.89. The van der Waals surface area contributed by atoms with Crippen molar-refractivity contribution in [3.8, 4) is 0 Å². The molecule has 0 saturated heterocycles. The third-order valence-corrected chi connectivity index (χ3v) is 2.97. The number of rotatable bonds is 0. The van der Waals surface area contributed by atoms with Crippen molar-refractivity contribution in [1.82, 2.24) is 4.98 Å². The maximum Gasteiger partial charge on any atom is 0.431 e. The molecule has 0 aliphatic carbocycles. The number of hydrogen-bond acceptors (Lipinski definition) is 1. The number of nitrogens with one attached hydrogen (secondary N) is 1. The van der Waals surface area contributed by atoms with Crippen molar-refractivity contribution >= 4 is 10.9 Å². The molecule has 0 amide bonds. The van der Waals surface area contributed by atoms with Crippen molar-refractivity contribution in [3.63, 3.8) is 0 Å². The molecule has 2 rings (SSSR count). The van der Waals surface area contributed by atoms with Crippen molar-refractivity contribution in [2.45, 2.75) is 26.9 Å². The molecule has 96 valence electrons. The molecule has 2 nitrogen and oxygen atoms in total. The van der Waals surface area contributed by atoms with Gasteiger partial charge in [-0.1, -0.05) is 6.07 Å². The van der Waals surface area contributed by atoms with Gasteiger partial charge >= 0.3 is 6.18 Å². The van der Waals surface area contributed by atoms with E-state index in [1.807, 2.05) is 0 Å². The van der Waals surface area contributed by atoms with Gasteiger partial charge in [0.25, 0.3) is 0 Å². The number of pyridine rings is 1. The van der Waals surface area contributed by atoms with E-state index in [1.165, 1.54) is 6.92 Å². The van der Waals surface area contributed by atoms with E-state index >= 15 is 0 Å². The molecule has 0 unspecified atom stereocenters. The summed E-state index contributed by atoms with van der Waals surface area (Å²) >= 11 is 0. The lowest BCUT2D eigenvalue weighted by molar-refractivity contribution is -0.141. The van der Waals surface area contributed by atoms with Crippen LogP contribution in [0.1, 0.15) is 22.4 Å². The third-order valence-electron chi connectivity index (χ3n) is 2.97. The predicted octanol–water partition coefficient (Wildman–Crippen LogP) is 3.47. The summed E-state index contributed by atoms with van der Waals surface area (Å²) in [5.74, 6) is 0. The summed E-state index contributed by atoms with van der Waals surface area (Å²) in [4.78, 5) is 14.3. The Hall–Kier alpha value is -1.78. The largest absolute Gasteiger partial charge is 0.431 e. The summed E-state index contributed by atoms with van der Waals surface area (Å²) in [5.41, 5.74) is -0.0911. The Morgan fingerprint density at radius 2 is 1.72 bits per heavy atom. The van der Waals surface area contributed by atoms with E-state index in [2.05, 4.69) is 4.98 Å². The zero-order valence-electron chi connectivity index (χ0n) is 10.2. The molecule has 0 aliphatic heterocycles. The van der Waals surface area contributed by atoms with E-state index in [-0.39, 0.29) is 11.1 Å². The molecule has 0 atom stereocenters. The van der Waals surface area contributed by atoms with Gasteiger partial charge in [0.15, 0.2) is 5.43 Å². The summed E-state index contributed by atoms with van der Waals surface area (Å²) in [6.45, 7) is 4.69. The summed E-state index contributed by atoms with van der Waals surface area (Å²) in [6, 6.07) is 3.34. The highest BCUT2D eigenvalue weighted by atomic mass is 19.4. The molecule has 1 heterocycles. The second-order valence-corrected chi connectivity index (χ2v) is 4.46. The quantitative estimate of drug-likeness (QED) is 0.768. The summed E-state index contributed by atoms with van der Waals surface area (Å²) in [7, 11) is 0. The number of aromatic nitrogens is 1. The molecule has 0 aliphatic rings. The van der Waals surface area contributed by atoms with Crippen molar-refractivity contribution in [2.24, 2.45) is 0 Å². The molecule has 0 fully saturated rings. The van der Waals surface area contributed by atoms with E-state index in [4.69, 9.17) is 0 Å². The van der Waals surface area contributed by atoms with E-state index < -0.39 is 17.3 Å². The predicted molar refractivity (Wildman–Crippen MR) is 63.8 cm³/mol. The van der Waals surface area contributed by atoms with Gasteiger partial charge in [-0.25, -0.2) is 0 Å². The summed E-state index contributed by atoms with van der Waals surface area (Å²) < 4.78 is 38.4. The molecule has 2 aromatic rings. The van der Waals surface area contributed by atoms with Gasteiger partial charge in [0.05, 0.1) is 5.52 Å². The van der Waals surface area contributed by atoms with Crippen LogP contribution >= 0.6 is 0 Å². The average molecular weight is 255 g/mol. The Labute approximate surface area is 101 Å². The molecule has 0 saturated carbocycles. The van der Waals surface area contributed by atoms with Gasteiger partial charge in [-0.2, -0.15) is 13.2 Å². The zero-order chi connectivity index (χ0) is 13.7. The summed E-state index contributed by atoms with van der Waals surface area (Å²) in [6.07, 6.45) is -4.55. The standard InChI is InChI=1S/C13H12F3NO/c1-6-4-7(2)10-9(5-6)17-12(13(14,15)16)8(3)11(10)18/h4-5H,1-3H3,(H,17,18). The average Bonchev–Trinajstić information content (AvgIpc) is 2.20. The lowest BCUT2D eigenvalue weighted by atomic mass is 10.0. The second kappa shape index (κ2) is 3.86. The Bertz CT molecular complexity index is 683. The maximum atomic E-state index is 12.8. The monoisotopic (exact) mass is 255 g/mol. The minimum absolute atomic E-state index is 0.232. The van der Waals surface area contributed by atoms with Gasteiger partial charge < -0.3 is 4.98 Å². The number of aromatic amines is 1. The van der Waals surface area contributed by atoms with Crippen LogP contribution in [0.5, 0.6) is 0 Å². The lowest BCUT2D eigenvalue weighted by Gasteiger charge is -2.13. The van der Waals surface area contributed by atoms with Crippen LogP contribution in [0.4, 0.5) is 13.2 Å². The molecule has 0 radical (unpaired) electrons. The van der Waals surface area contributed by atoms with Gasteiger partial charge in [-0.05, 0) is 38.0 Å². The molecule has 0 spiro atoms. The number of aryl methyl sites for hydroxylation is 2. The number of H-pyrrole nitrogens is 1. The number of alkyl halides is 3. The first-order chi connectivity index (χ1) is 8.21. The smallest absolute Gasteiger partial charge is 0.351 e.